The lowest BCUT2D eigenvalue weighted by atomic mass is 10.2. The fourth-order valence-electron chi connectivity index (χ4n) is 1.84. The van der Waals surface area contributed by atoms with Crippen molar-refractivity contribution in [1.29, 1.82) is 0 Å². The van der Waals surface area contributed by atoms with E-state index in [0.29, 0.717) is 4.47 Å². The van der Waals surface area contributed by atoms with Gasteiger partial charge in [-0.15, -0.1) is 22.7 Å². The number of rotatable bonds is 4. The first-order valence-corrected chi connectivity index (χ1v) is 8.58. The minimum atomic E-state index is -0.244. The maximum absolute atomic E-state index is 13.2. The maximum atomic E-state index is 13.2. The van der Waals surface area contributed by atoms with Crippen LogP contribution in [-0.2, 0) is 6.54 Å². The molecule has 0 unspecified atom stereocenters. The Morgan fingerprint density at radius 2 is 2.05 bits per heavy atom. The first-order valence-electron chi connectivity index (χ1n) is 6.02. The summed E-state index contributed by atoms with van der Waals surface area (Å²) in [5.74, 6) is -0.244. The summed E-state index contributed by atoms with van der Waals surface area (Å²) >= 11 is 6.67. The van der Waals surface area contributed by atoms with Gasteiger partial charge in [-0.1, -0.05) is 6.07 Å². The van der Waals surface area contributed by atoms with Crippen LogP contribution in [0, 0.1) is 5.82 Å². The second kappa shape index (κ2) is 6.08. The fraction of sp³-hybridized carbons (Fsp3) is 0.0667. The summed E-state index contributed by atoms with van der Waals surface area (Å²) in [6, 6.07) is 11.3. The van der Waals surface area contributed by atoms with Crippen molar-refractivity contribution in [2.45, 2.75) is 6.54 Å². The van der Waals surface area contributed by atoms with Gasteiger partial charge in [0, 0.05) is 27.5 Å². The number of hydrogen-bond acceptors (Lipinski definition) is 3. The quantitative estimate of drug-likeness (QED) is 0.596. The van der Waals surface area contributed by atoms with Crippen molar-refractivity contribution in [3.8, 4) is 10.4 Å². The molecule has 20 heavy (non-hydrogen) atoms. The van der Waals surface area contributed by atoms with E-state index in [0.717, 1.165) is 12.2 Å². The summed E-state index contributed by atoms with van der Waals surface area (Å²) in [6.45, 7) is 0.744. The maximum Gasteiger partial charge on any atom is 0.137 e. The molecule has 0 amide bonds. The Morgan fingerprint density at radius 1 is 1.15 bits per heavy atom. The highest BCUT2D eigenvalue weighted by molar-refractivity contribution is 9.10. The van der Waals surface area contributed by atoms with Crippen LogP contribution >= 0.6 is 38.6 Å². The summed E-state index contributed by atoms with van der Waals surface area (Å²) in [5, 5.41) is 7.56. The van der Waals surface area contributed by atoms with Crippen LogP contribution in [-0.4, -0.2) is 0 Å². The van der Waals surface area contributed by atoms with Crippen molar-refractivity contribution in [3.05, 3.63) is 62.3 Å². The van der Waals surface area contributed by atoms with E-state index in [1.807, 2.05) is 0 Å². The third kappa shape index (κ3) is 3.11. The Labute approximate surface area is 133 Å². The van der Waals surface area contributed by atoms with E-state index in [1.165, 1.54) is 21.4 Å². The van der Waals surface area contributed by atoms with Gasteiger partial charge in [0.15, 0.2) is 0 Å². The zero-order valence-electron chi connectivity index (χ0n) is 10.4. The van der Waals surface area contributed by atoms with Crippen molar-refractivity contribution in [1.82, 2.24) is 0 Å². The first kappa shape index (κ1) is 13.8. The SMILES string of the molecule is Fc1ccc(NCc2cc(-c3cccs3)cs2)cc1Br. The van der Waals surface area contributed by atoms with Crippen LogP contribution in [0.25, 0.3) is 10.4 Å². The van der Waals surface area contributed by atoms with Gasteiger partial charge in [0.25, 0.3) is 0 Å². The molecule has 0 aliphatic rings. The van der Waals surface area contributed by atoms with Gasteiger partial charge in [0.05, 0.1) is 4.47 Å². The Balaban J connectivity index is 1.68. The predicted octanol–water partition coefficient (Wildman–Crippen LogP) is 5.99. The fourth-order valence-corrected chi connectivity index (χ4v) is 3.83. The smallest absolute Gasteiger partial charge is 0.137 e. The van der Waals surface area contributed by atoms with Gasteiger partial charge >= 0.3 is 0 Å². The van der Waals surface area contributed by atoms with Crippen molar-refractivity contribution < 1.29 is 4.39 Å². The number of thiophene rings is 2. The third-order valence-electron chi connectivity index (χ3n) is 2.85. The molecule has 0 fully saturated rings. The van der Waals surface area contributed by atoms with Crippen LogP contribution in [0.3, 0.4) is 0 Å². The molecule has 0 radical (unpaired) electrons. The van der Waals surface area contributed by atoms with E-state index in [2.05, 4.69) is 50.2 Å². The van der Waals surface area contributed by atoms with E-state index < -0.39 is 0 Å². The Morgan fingerprint density at radius 3 is 2.80 bits per heavy atom. The molecular formula is C15H11BrFNS2. The molecule has 1 N–H and O–H groups in total. The predicted molar refractivity (Wildman–Crippen MR) is 89.1 cm³/mol. The molecule has 0 aliphatic carbocycles. The van der Waals surface area contributed by atoms with Gasteiger partial charge in [-0.3, -0.25) is 0 Å². The van der Waals surface area contributed by atoms with Gasteiger partial charge in [-0.2, -0.15) is 0 Å². The van der Waals surface area contributed by atoms with Gasteiger partial charge < -0.3 is 5.32 Å². The molecular weight excluding hydrogens is 357 g/mol. The number of benzene rings is 1. The molecule has 1 aromatic carbocycles. The van der Waals surface area contributed by atoms with Crippen LogP contribution in [0.2, 0.25) is 0 Å². The summed E-state index contributed by atoms with van der Waals surface area (Å²) in [4.78, 5) is 2.55. The topological polar surface area (TPSA) is 12.0 Å². The average Bonchev–Trinajstić information content (AvgIpc) is 3.09. The van der Waals surface area contributed by atoms with Crippen molar-refractivity contribution >= 4 is 44.3 Å². The lowest BCUT2D eigenvalue weighted by molar-refractivity contribution is 0.621. The number of nitrogens with one attached hydrogen (secondary N) is 1. The lowest BCUT2D eigenvalue weighted by Gasteiger charge is -2.05. The highest BCUT2D eigenvalue weighted by atomic mass is 79.9. The molecule has 0 aliphatic heterocycles. The molecule has 102 valence electrons. The third-order valence-corrected chi connectivity index (χ3v) is 5.31. The van der Waals surface area contributed by atoms with Crippen molar-refractivity contribution in [2.75, 3.05) is 5.32 Å². The number of halogens is 2. The summed E-state index contributed by atoms with van der Waals surface area (Å²) < 4.78 is 13.6. The van der Waals surface area contributed by atoms with Gasteiger partial charge in [0.1, 0.15) is 5.82 Å². The largest absolute Gasteiger partial charge is 0.380 e. The van der Waals surface area contributed by atoms with Gasteiger partial charge in [-0.25, -0.2) is 4.39 Å². The second-order valence-electron chi connectivity index (χ2n) is 4.26. The van der Waals surface area contributed by atoms with Gasteiger partial charge in [0.2, 0.25) is 0 Å². The summed E-state index contributed by atoms with van der Waals surface area (Å²) in [6.07, 6.45) is 0. The molecule has 2 heterocycles. The second-order valence-corrected chi connectivity index (χ2v) is 7.06. The number of hydrogen-bond donors (Lipinski definition) is 1. The van der Waals surface area contributed by atoms with E-state index in [4.69, 9.17) is 0 Å². The van der Waals surface area contributed by atoms with Crippen LogP contribution in [0.4, 0.5) is 10.1 Å². The zero-order chi connectivity index (χ0) is 13.9. The highest BCUT2D eigenvalue weighted by Crippen LogP contribution is 2.29. The van der Waals surface area contributed by atoms with Crippen LogP contribution in [0.15, 0.2) is 51.6 Å². The molecule has 0 saturated carbocycles. The van der Waals surface area contributed by atoms with Crippen LogP contribution in [0.5, 0.6) is 0 Å². The molecule has 0 spiro atoms. The van der Waals surface area contributed by atoms with E-state index in [9.17, 15) is 4.39 Å². The monoisotopic (exact) mass is 367 g/mol. The molecule has 0 bridgehead atoms. The van der Waals surface area contributed by atoms with Gasteiger partial charge in [-0.05, 0) is 57.0 Å². The molecule has 2 aromatic heterocycles. The van der Waals surface area contributed by atoms with E-state index in [-0.39, 0.29) is 5.82 Å². The zero-order valence-corrected chi connectivity index (χ0v) is 13.6. The Bertz CT molecular complexity index is 706. The number of anilines is 1. The minimum absolute atomic E-state index is 0.244. The van der Waals surface area contributed by atoms with Crippen LogP contribution in [0.1, 0.15) is 4.88 Å². The minimum Gasteiger partial charge on any atom is -0.380 e. The van der Waals surface area contributed by atoms with Crippen molar-refractivity contribution in [3.63, 3.8) is 0 Å². The standard InChI is InChI=1S/C15H11BrFNS2/c16-13-7-11(3-4-14(13)17)18-8-12-6-10(9-20-12)15-2-1-5-19-15/h1-7,9,18H,8H2. The first-order chi connectivity index (χ1) is 9.72. The lowest BCUT2D eigenvalue weighted by Crippen LogP contribution is -1.97. The summed E-state index contributed by atoms with van der Waals surface area (Å²) in [5.41, 5.74) is 2.17. The van der Waals surface area contributed by atoms with Crippen molar-refractivity contribution in [2.24, 2.45) is 0 Å². The molecule has 3 aromatic rings. The van der Waals surface area contributed by atoms with E-state index >= 15 is 0 Å². The van der Waals surface area contributed by atoms with E-state index in [1.54, 1.807) is 34.8 Å². The van der Waals surface area contributed by atoms with Crippen LogP contribution < -0.4 is 5.32 Å². The summed E-state index contributed by atoms with van der Waals surface area (Å²) in [7, 11) is 0. The Kier molecular flexibility index (Phi) is 4.19. The highest BCUT2D eigenvalue weighted by Gasteiger charge is 2.04. The Hall–Kier alpha value is -1.17. The molecule has 5 heteroatoms. The normalized spacial score (nSPS) is 10.7. The average molecular weight is 368 g/mol. The molecule has 0 atom stereocenters. The molecule has 3 rings (SSSR count). The molecule has 0 saturated heterocycles. The molecule has 1 nitrogen and oxygen atoms in total.